The zero-order valence-electron chi connectivity index (χ0n) is 5.93. The first kappa shape index (κ1) is 11.1. The monoisotopic (exact) mass is 206 g/mol. The molecule has 0 aliphatic rings. The Morgan fingerprint density at radius 3 is 2.18 bits per heavy atom. The average Bonchev–Trinajstić information content (AvgIpc) is 1.80. The molecule has 0 saturated heterocycles. The van der Waals surface area contributed by atoms with E-state index in [-0.39, 0.29) is 12.2 Å². The first-order valence-electron chi connectivity index (χ1n) is 3.03. The first-order valence-corrected chi connectivity index (χ1v) is 5.51. The fraction of sp³-hybridized carbons (Fsp3) is 1.00. The molecule has 1 atom stereocenters. The lowest BCUT2D eigenvalue weighted by molar-refractivity contribution is 0.0850. The van der Waals surface area contributed by atoms with Crippen LogP contribution in [0, 0.1) is 5.92 Å². The third-order valence-corrected chi connectivity index (χ3v) is 2.43. The molecule has 0 fully saturated rings. The highest BCUT2D eigenvalue weighted by molar-refractivity contribution is 8.13. The minimum atomic E-state index is -3.61. The van der Waals surface area contributed by atoms with E-state index in [1.165, 1.54) is 6.92 Å². The lowest BCUT2D eigenvalue weighted by Crippen LogP contribution is -2.11. The van der Waals surface area contributed by atoms with Crippen LogP contribution in [0.5, 0.6) is 0 Å². The second-order valence-corrected chi connectivity index (χ2v) is 5.24. The van der Waals surface area contributed by atoms with E-state index in [0.29, 0.717) is 0 Å². The summed E-state index contributed by atoms with van der Waals surface area (Å²) in [5.41, 5.74) is 0. The molecule has 1 unspecified atom stereocenters. The van der Waals surface area contributed by atoms with Crippen LogP contribution < -0.4 is 0 Å². The van der Waals surface area contributed by atoms with Gasteiger partial charge in [0.25, 0.3) is 0 Å². The van der Waals surface area contributed by atoms with E-state index in [0.717, 1.165) is 0 Å². The number of halogens is 3. The van der Waals surface area contributed by atoms with Crippen molar-refractivity contribution in [3.63, 3.8) is 0 Å². The lowest BCUT2D eigenvalue weighted by atomic mass is 10.1. The van der Waals surface area contributed by atoms with Crippen molar-refractivity contribution in [3.05, 3.63) is 0 Å². The van der Waals surface area contributed by atoms with E-state index < -0.39 is 21.4 Å². The van der Waals surface area contributed by atoms with Crippen molar-refractivity contribution >= 4 is 19.7 Å². The second kappa shape index (κ2) is 4.21. The summed E-state index contributed by atoms with van der Waals surface area (Å²) < 4.78 is 44.1. The number of rotatable bonds is 4. The van der Waals surface area contributed by atoms with Gasteiger partial charge in [-0.1, -0.05) is 6.92 Å². The summed E-state index contributed by atoms with van der Waals surface area (Å²) >= 11 is 0. The van der Waals surface area contributed by atoms with Crippen molar-refractivity contribution in [2.24, 2.45) is 5.92 Å². The van der Waals surface area contributed by atoms with Gasteiger partial charge in [-0.25, -0.2) is 17.2 Å². The highest BCUT2D eigenvalue weighted by Crippen LogP contribution is 2.14. The van der Waals surface area contributed by atoms with E-state index in [1.54, 1.807) is 0 Å². The van der Waals surface area contributed by atoms with Gasteiger partial charge in [0.15, 0.2) is 0 Å². The van der Waals surface area contributed by atoms with E-state index in [2.05, 4.69) is 0 Å². The third kappa shape index (κ3) is 6.50. The van der Waals surface area contributed by atoms with Gasteiger partial charge in [0, 0.05) is 16.6 Å². The molecule has 0 aliphatic carbocycles. The zero-order valence-corrected chi connectivity index (χ0v) is 7.50. The Morgan fingerprint density at radius 2 is 1.91 bits per heavy atom. The Morgan fingerprint density at radius 1 is 1.45 bits per heavy atom. The van der Waals surface area contributed by atoms with Crippen LogP contribution in [0.1, 0.15) is 13.3 Å². The maximum absolute atomic E-state index is 11.8. The Bertz CT molecular complexity index is 203. The molecule has 0 rings (SSSR count). The van der Waals surface area contributed by atoms with Gasteiger partial charge in [-0.3, -0.25) is 0 Å². The SMILES string of the molecule is CC(CCS(=O)(=O)Cl)C(F)F. The Balaban J connectivity index is 3.72. The topological polar surface area (TPSA) is 34.1 Å². The van der Waals surface area contributed by atoms with Gasteiger partial charge in [-0.15, -0.1) is 0 Å². The maximum atomic E-state index is 11.8. The summed E-state index contributed by atoms with van der Waals surface area (Å²) in [4.78, 5) is 0. The van der Waals surface area contributed by atoms with Crippen molar-refractivity contribution in [2.75, 3.05) is 5.75 Å². The van der Waals surface area contributed by atoms with Gasteiger partial charge >= 0.3 is 0 Å². The molecule has 11 heavy (non-hydrogen) atoms. The first-order chi connectivity index (χ1) is 4.83. The molecule has 6 heteroatoms. The summed E-state index contributed by atoms with van der Waals surface area (Å²) in [7, 11) is 1.20. The molecule has 0 aliphatic heterocycles. The van der Waals surface area contributed by atoms with Crippen molar-refractivity contribution in [2.45, 2.75) is 19.8 Å². The zero-order chi connectivity index (χ0) is 9.07. The van der Waals surface area contributed by atoms with Gasteiger partial charge in [-0.05, 0) is 6.42 Å². The quantitative estimate of drug-likeness (QED) is 0.658. The third-order valence-electron chi connectivity index (χ3n) is 1.25. The summed E-state index contributed by atoms with van der Waals surface area (Å²) in [5.74, 6) is -1.30. The van der Waals surface area contributed by atoms with Crippen molar-refractivity contribution in [1.82, 2.24) is 0 Å². The number of hydrogen-bond donors (Lipinski definition) is 0. The standard InChI is InChI=1S/C5H9ClF2O2S/c1-4(5(7)8)2-3-11(6,9)10/h4-5H,2-3H2,1H3. The molecular formula is C5H9ClF2O2S. The molecule has 0 aromatic carbocycles. The normalized spacial score (nSPS) is 15.4. The highest BCUT2D eigenvalue weighted by Gasteiger charge is 2.17. The van der Waals surface area contributed by atoms with Crippen molar-refractivity contribution in [3.8, 4) is 0 Å². The average molecular weight is 207 g/mol. The molecule has 0 heterocycles. The van der Waals surface area contributed by atoms with Crippen LogP contribution in [-0.2, 0) is 9.05 Å². The molecule has 0 radical (unpaired) electrons. The van der Waals surface area contributed by atoms with Crippen LogP contribution in [0.15, 0.2) is 0 Å². The molecule has 0 saturated carbocycles. The fourth-order valence-electron chi connectivity index (χ4n) is 0.453. The van der Waals surface area contributed by atoms with Gasteiger partial charge < -0.3 is 0 Å². The molecule has 2 nitrogen and oxygen atoms in total. The number of hydrogen-bond acceptors (Lipinski definition) is 2. The van der Waals surface area contributed by atoms with E-state index >= 15 is 0 Å². The predicted octanol–water partition coefficient (Wildman–Crippen LogP) is 1.85. The summed E-state index contributed by atoms with van der Waals surface area (Å²) in [6.07, 6.45) is -2.57. The van der Waals surface area contributed by atoms with Crippen LogP contribution in [0.25, 0.3) is 0 Å². The number of alkyl halides is 2. The predicted molar refractivity (Wildman–Crippen MR) is 39.4 cm³/mol. The van der Waals surface area contributed by atoms with Crippen LogP contribution >= 0.6 is 10.7 Å². The Kier molecular flexibility index (Phi) is 4.25. The van der Waals surface area contributed by atoms with Gasteiger partial charge in [0.2, 0.25) is 15.5 Å². The van der Waals surface area contributed by atoms with E-state index in [4.69, 9.17) is 10.7 Å². The van der Waals surface area contributed by atoms with Crippen LogP contribution in [0.4, 0.5) is 8.78 Å². The van der Waals surface area contributed by atoms with Gasteiger partial charge in [-0.2, -0.15) is 0 Å². The molecule has 0 N–H and O–H groups in total. The molecule has 0 aromatic rings. The largest absolute Gasteiger partial charge is 0.241 e. The maximum Gasteiger partial charge on any atom is 0.241 e. The second-order valence-electron chi connectivity index (χ2n) is 2.34. The summed E-state index contributed by atoms with van der Waals surface area (Å²) in [6.45, 7) is 1.28. The molecule has 0 bridgehead atoms. The van der Waals surface area contributed by atoms with Crippen LogP contribution in [0.3, 0.4) is 0 Å². The lowest BCUT2D eigenvalue weighted by Gasteiger charge is -2.06. The van der Waals surface area contributed by atoms with Crippen LogP contribution in [0.2, 0.25) is 0 Å². The molecule has 0 amide bonds. The molecule has 0 aromatic heterocycles. The highest BCUT2D eigenvalue weighted by atomic mass is 35.7. The summed E-state index contributed by atoms with van der Waals surface area (Å²) in [6, 6.07) is 0. The Hall–Kier alpha value is 0.1000. The minimum Gasteiger partial charge on any atom is -0.212 e. The van der Waals surface area contributed by atoms with E-state index in [1.807, 2.05) is 0 Å². The molecule has 68 valence electrons. The molecule has 0 spiro atoms. The smallest absolute Gasteiger partial charge is 0.212 e. The molecular weight excluding hydrogens is 198 g/mol. The fourth-order valence-corrected chi connectivity index (χ4v) is 1.37. The summed E-state index contributed by atoms with van der Waals surface area (Å²) in [5, 5.41) is 0. The van der Waals surface area contributed by atoms with Crippen molar-refractivity contribution in [1.29, 1.82) is 0 Å². The van der Waals surface area contributed by atoms with Crippen molar-refractivity contribution < 1.29 is 17.2 Å². The van der Waals surface area contributed by atoms with E-state index in [9.17, 15) is 17.2 Å². The van der Waals surface area contributed by atoms with Gasteiger partial charge in [0.1, 0.15) is 0 Å². The van der Waals surface area contributed by atoms with Gasteiger partial charge in [0.05, 0.1) is 5.75 Å². The van der Waals surface area contributed by atoms with Crippen LogP contribution in [-0.4, -0.2) is 20.6 Å². The minimum absolute atomic E-state index is 0.0938. The Labute approximate surface area is 69.0 Å².